The molecule has 0 spiro atoms. The fourth-order valence-corrected chi connectivity index (χ4v) is 6.41. The van der Waals surface area contributed by atoms with E-state index in [0.29, 0.717) is 28.7 Å². The lowest BCUT2D eigenvalue weighted by molar-refractivity contribution is -0.118. The van der Waals surface area contributed by atoms with Crippen molar-refractivity contribution in [3.05, 3.63) is 76.3 Å². The lowest BCUT2D eigenvalue weighted by atomic mass is 9.92. The lowest BCUT2D eigenvalue weighted by Gasteiger charge is -2.33. The van der Waals surface area contributed by atoms with Gasteiger partial charge >= 0.3 is 0 Å². The van der Waals surface area contributed by atoms with Crippen molar-refractivity contribution >= 4 is 35.1 Å². The third-order valence-electron chi connectivity index (χ3n) is 8.47. The number of carbonyl (C=O) groups excluding carboxylic acids is 2. The highest BCUT2D eigenvalue weighted by Gasteiger charge is 2.47. The highest BCUT2D eigenvalue weighted by Crippen LogP contribution is 2.41. The van der Waals surface area contributed by atoms with Crippen LogP contribution in [0.15, 0.2) is 48.5 Å². The molecule has 0 saturated carbocycles. The van der Waals surface area contributed by atoms with Crippen LogP contribution in [0.1, 0.15) is 28.3 Å². The van der Waals surface area contributed by atoms with E-state index in [1.54, 1.807) is 18.2 Å². The van der Waals surface area contributed by atoms with Crippen molar-refractivity contribution in [1.29, 1.82) is 0 Å². The second kappa shape index (κ2) is 11.0. The molecule has 6 rings (SSSR count). The molecule has 2 amide bonds. The molecule has 3 aliphatic heterocycles. The number of pyridine rings is 1. The van der Waals surface area contributed by atoms with Gasteiger partial charge in [0, 0.05) is 65.9 Å². The van der Waals surface area contributed by atoms with Crippen LogP contribution in [-0.2, 0) is 4.79 Å². The van der Waals surface area contributed by atoms with E-state index in [-0.39, 0.29) is 29.2 Å². The van der Waals surface area contributed by atoms with Crippen LogP contribution in [-0.4, -0.2) is 80.7 Å². The number of halogens is 3. The van der Waals surface area contributed by atoms with Gasteiger partial charge in [-0.25, -0.2) is 13.8 Å². The number of nitrogens with zero attached hydrogens (tertiary/aromatic N) is 4. The van der Waals surface area contributed by atoms with Gasteiger partial charge in [-0.15, -0.1) is 0 Å². The largest absolute Gasteiger partial charge is 0.497 e. The van der Waals surface area contributed by atoms with Crippen LogP contribution in [0.2, 0.25) is 5.02 Å². The fourth-order valence-electron chi connectivity index (χ4n) is 6.29. The zero-order chi connectivity index (χ0) is 29.7. The first kappa shape index (κ1) is 28.2. The standard InChI is InChI=1S/C30H30ClF2N5O4/c1-36-13-19-10-18(36)14-37(19)25-9-8-24(42-3)28(34-25)38-15-21(26-22(32)11-20(41-2)12-23(26)33)27(30(38)40)35-29(39)16-4-6-17(31)7-5-16/h4-9,11-12,18-19,21,27H,10,13-15H2,1-3H3,(H,35,39)/t18-,19-,21-,27?/m0/s1. The molecule has 3 aliphatic rings. The van der Waals surface area contributed by atoms with E-state index in [0.717, 1.165) is 31.6 Å². The molecular formula is C30H30ClF2N5O4. The van der Waals surface area contributed by atoms with Crippen molar-refractivity contribution in [2.75, 3.05) is 50.7 Å². The van der Waals surface area contributed by atoms with Crippen molar-refractivity contribution in [3.63, 3.8) is 0 Å². The highest BCUT2D eigenvalue weighted by atomic mass is 35.5. The van der Waals surface area contributed by atoms with E-state index in [2.05, 4.69) is 22.2 Å². The van der Waals surface area contributed by atoms with Gasteiger partial charge in [0.1, 0.15) is 29.2 Å². The summed E-state index contributed by atoms with van der Waals surface area (Å²) in [4.78, 5) is 38.0. The van der Waals surface area contributed by atoms with Gasteiger partial charge in [-0.05, 0) is 49.9 Å². The molecule has 0 aliphatic carbocycles. The summed E-state index contributed by atoms with van der Waals surface area (Å²) in [5.74, 6) is -2.77. The third-order valence-corrected chi connectivity index (χ3v) is 8.73. The molecule has 12 heteroatoms. The van der Waals surface area contributed by atoms with Gasteiger partial charge < -0.3 is 19.7 Å². The predicted octanol–water partition coefficient (Wildman–Crippen LogP) is 3.85. The van der Waals surface area contributed by atoms with Crippen LogP contribution < -0.4 is 24.6 Å². The molecule has 42 heavy (non-hydrogen) atoms. The Hall–Kier alpha value is -3.96. The summed E-state index contributed by atoms with van der Waals surface area (Å²) >= 11 is 5.96. The molecule has 4 atom stereocenters. The number of rotatable bonds is 7. The summed E-state index contributed by atoms with van der Waals surface area (Å²) in [6.45, 7) is 1.57. The first-order chi connectivity index (χ1) is 20.2. The molecule has 220 valence electrons. The molecule has 3 aromatic rings. The first-order valence-corrected chi connectivity index (χ1v) is 14.0. The van der Waals surface area contributed by atoms with Crippen LogP contribution in [0, 0.1) is 11.6 Å². The number of fused-ring (bicyclic) bond motifs is 2. The lowest BCUT2D eigenvalue weighted by Crippen LogP contribution is -2.45. The number of benzene rings is 2. The minimum Gasteiger partial charge on any atom is -0.497 e. The molecule has 1 aromatic heterocycles. The number of nitrogens with one attached hydrogen (secondary N) is 1. The van der Waals surface area contributed by atoms with Gasteiger partial charge in [0.2, 0.25) is 0 Å². The SMILES string of the molecule is COc1cc(F)c([C@@H]2CN(c3nc(N4C[C@@H]5C[C@H]4CN5C)ccc3OC)C(=O)C2NC(=O)c2ccc(Cl)cc2)c(F)c1. The minimum atomic E-state index is -1.29. The van der Waals surface area contributed by atoms with Crippen molar-refractivity contribution in [1.82, 2.24) is 15.2 Å². The van der Waals surface area contributed by atoms with Gasteiger partial charge in [-0.1, -0.05) is 11.6 Å². The summed E-state index contributed by atoms with van der Waals surface area (Å²) in [6.07, 6.45) is 1.03. The number of aromatic nitrogens is 1. The molecule has 2 aromatic carbocycles. The van der Waals surface area contributed by atoms with E-state index < -0.39 is 35.4 Å². The van der Waals surface area contributed by atoms with Crippen LogP contribution in [0.5, 0.6) is 11.5 Å². The van der Waals surface area contributed by atoms with E-state index >= 15 is 8.78 Å². The monoisotopic (exact) mass is 597 g/mol. The Morgan fingerprint density at radius 3 is 2.31 bits per heavy atom. The maximum absolute atomic E-state index is 15.4. The van der Waals surface area contributed by atoms with Crippen LogP contribution in [0.4, 0.5) is 20.4 Å². The molecule has 2 bridgehead atoms. The molecule has 3 fully saturated rings. The van der Waals surface area contributed by atoms with Gasteiger partial charge in [-0.2, -0.15) is 0 Å². The number of amides is 2. The topological polar surface area (TPSA) is 87.2 Å². The second-order valence-electron chi connectivity index (χ2n) is 10.8. The smallest absolute Gasteiger partial charge is 0.251 e. The van der Waals surface area contributed by atoms with Crippen LogP contribution in [0.3, 0.4) is 0 Å². The molecule has 4 heterocycles. The molecule has 3 saturated heterocycles. The van der Waals surface area contributed by atoms with Crippen molar-refractivity contribution in [2.24, 2.45) is 0 Å². The van der Waals surface area contributed by atoms with E-state index in [1.807, 2.05) is 6.07 Å². The number of methoxy groups -OCH3 is 2. The predicted molar refractivity (Wildman–Crippen MR) is 154 cm³/mol. The summed E-state index contributed by atoms with van der Waals surface area (Å²) in [5, 5.41) is 3.14. The number of piperazine rings is 1. The zero-order valence-corrected chi connectivity index (χ0v) is 24.1. The third kappa shape index (κ3) is 4.90. The van der Waals surface area contributed by atoms with Gasteiger partial charge in [0.15, 0.2) is 11.6 Å². The maximum Gasteiger partial charge on any atom is 0.251 e. The van der Waals surface area contributed by atoms with Crippen molar-refractivity contribution in [2.45, 2.75) is 30.5 Å². The fraction of sp³-hybridized carbons (Fsp3) is 0.367. The Balaban J connectivity index is 1.38. The maximum atomic E-state index is 15.4. The average molecular weight is 598 g/mol. The number of hydrogen-bond donors (Lipinski definition) is 1. The Morgan fingerprint density at radius 1 is 1.00 bits per heavy atom. The summed E-state index contributed by atoms with van der Waals surface area (Å²) < 4.78 is 41.4. The Labute approximate surface area is 247 Å². The molecule has 0 radical (unpaired) electrons. The van der Waals surface area contributed by atoms with E-state index in [9.17, 15) is 9.59 Å². The molecular weight excluding hydrogens is 568 g/mol. The van der Waals surface area contributed by atoms with Crippen molar-refractivity contribution in [3.8, 4) is 11.5 Å². The number of hydrogen-bond acceptors (Lipinski definition) is 7. The van der Waals surface area contributed by atoms with Gasteiger partial charge in [-0.3, -0.25) is 19.4 Å². The Bertz CT molecular complexity index is 1520. The molecule has 1 unspecified atom stereocenters. The van der Waals surface area contributed by atoms with Crippen molar-refractivity contribution < 1.29 is 27.8 Å². The van der Waals surface area contributed by atoms with E-state index in [1.165, 1.54) is 31.3 Å². The normalized spacial score (nSPS) is 23.5. The minimum absolute atomic E-state index is 0.00160. The zero-order valence-electron chi connectivity index (χ0n) is 23.3. The Kier molecular flexibility index (Phi) is 7.40. The number of ether oxygens (including phenoxy) is 2. The average Bonchev–Trinajstić information content (AvgIpc) is 3.65. The molecule has 1 N–H and O–H groups in total. The quantitative estimate of drug-likeness (QED) is 0.443. The van der Waals surface area contributed by atoms with E-state index in [4.69, 9.17) is 26.1 Å². The summed E-state index contributed by atoms with van der Waals surface area (Å²) in [6, 6.07) is 11.2. The van der Waals surface area contributed by atoms with Gasteiger partial charge in [0.05, 0.1) is 14.2 Å². The van der Waals surface area contributed by atoms with Gasteiger partial charge in [0.25, 0.3) is 11.8 Å². The highest BCUT2D eigenvalue weighted by molar-refractivity contribution is 6.30. The number of carbonyl (C=O) groups is 2. The number of likely N-dealkylation sites (tertiary alicyclic amines) is 1. The molecule has 9 nitrogen and oxygen atoms in total. The first-order valence-electron chi connectivity index (χ1n) is 13.6. The van der Waals surface area contributed by atoms with Crippen LogP contribution >= 0.6 is 11.6 Å². The number of anilines is 2. The Morgan fingerprint density at radius 2 is 1.71 bits per heavy atom. The summed E-state index contributed by atoms with van der Waals surface area (Å²) in [5.41, 5.74) is -0.0881. The second-order valence-corrected chi connectivity index (χ2v) is 11.3. The summed E-state index contributed by atoms with van der Waals surface area (Å²) in [7, 11) is 4.88. The number of likely N-dealkylation sites (N-methyl/N-ethyl adjacent to an activating group) is 1. The van der Waals surface area contributed by atoms with Crippen LogP contribution in [0.25, 0.3) is 0 Å².